The summed E-state index contributed by atoms with van der Waals surface area (Å²) in [6.07, 6.45) is 1.33. The van der Waals surface area contributed by atoms with Crippen LogP contribution in [0.25, 0.3) is 11.5 Å². The first-order valence-corrected chi connectivity index (χ1v) is 11.4. The van der Waals surface area contributed by atoms with Crippen molar-refractivity contribution in [3.05, 3.63) is 60.5 Å². The number of nitrogens with zero attached hydrogens (tertiary/aromatic N) is 3. The number of para-hydroxylation sites is 1. The molecule has 1 aromatic heterocycles. The molecule has 0 aliphatic carbocycles. The van der Waals surface area contributed by atoms with Crippen LogP contribution in [0.2, 0.25) is 0 Å². The van der Waals surface area contributed by atoms with E-state index < -0.39 is 0 Å². The summed E-state index contributed by atoms with van der Waals surface area (Å²) in [7, 11) is 4.00. The molecular formula is C23H28N4O3S. The molecule has 2 aromatic carbocycles. The van der Waals surface area contributed by atoms with Gasteiger partial charge < -0.3 is 19.4 Å². The fourth-order valence-electron chi connectivity index (χ4n) is 2.80. The van der Waals surface area contributed by atoms with Crippen molar-refractivity contribution in [1.82, 2.24) is 15.1 Å². The summed E-state index contributed by atoms with van der Waals surface area (Å²) in [5, 5.41) is 11.2. The van der Waals surface area contributed by atoms with Crippen molar-refractivity contribution in [1.29, 1.82) is 0 Å². The zero-order chi connectivity index (χ0) is 21.9. The maximum atomic E-state index is 12.0. The fourth-order valence-corrected chi connectivity index (χ4v) is 3.44. The van der Waals surface area contributed by atoms with E-state index in [9.17, 15) is 4.79 Å². The molecular weight excluding hydrogens is 412 g/mol. The van der Waals surface area contributed by atoms with Crippen molar-refractivity contribution in [3.63, 3.8) is 0 Å². The lowest BCUT2D eigenvalue weighted by Gasteiger charge is -2.09. The Hall–Kier alpha value is -2.84. The van der Waals surface area contributed by atoms with Crippen LogP contribution >= 0.6 is 11.8 Å². The molecule has 0 fully saturated rings. The second kappa shape index (κ2) is 12.1. The molecule has 0 aliphatic heterocycles. The number of amides is 1. The molecule has 164 valence electrons. The third-order valence-corrected chi connectivity index (χ3v) is 5.26. The Morgan fingerprint density at radius 3 is 2.61 bits per heavy atom. The standard InChI is InChI=1S/C23H28N4O3S/c1-27(2)14-6-9-21(28)24-19-12-10-18(11-13-19)23-26-25-22(30-23)17-31-16-15-29-20-7-4-3-5-8-20/h3-5,7-8,10-13H,6,9,14-17H2,1-2H3,(H,24,28). The minimum atomic E-state index is 0.0166. The van der Waals surface area contributed by atoms with E-state index in [2.05, 4.69) is 20.4 Å². The number of carbonyl (C=O) groups is 1. The Labute approximate surface area is 187 Å². The molecule has 3 aromatic rings. The molecule has 0 unspecified atom stereocenters. The lowest BCUT2D eigenvalue weighted by atomic mass is 10.2. The molecule has 31 heavy (non-hydrogen) atoms. The number of aromatic nitrogens is 2. The maximum Gasteiger partial charge on any atom is 0.247 e. The summed E-state index contributed by atoms with van der Waals surface area (Å²) in [5.74, 6) is 3.40. The monoisotopic (exact) mass is 440 g/mol. The third kappa shape index (κ3) is 8.07. The van der Waals surface area contributed by atoms with Crippen molar-refractivity contribution < 1.29 is 13.9 Å². The summed E-state index contributed by atoms with van der Waals surface area (Å²) >= 11 is 1.68. The summed E-state index contributed by atoms with van der Waals surface area (Å²) < 4.78 is 11.4. The van der Waals surface area contributed by atoms with Crippen molar-refractivity contribution in [2.45, 2.75) is 18.6 Å². The molecule has 0 saturated carbocycles. The van der Waals surface area contributed by atoms with Gasteiger partial charge in [-0.25, -0.2) is 0 Å². The summed E-state index contributed by atoms with van der Waals surface area (Å²) in [4.78, 5) is 14.1. The zero-order valence-electron chi connectivity index (χ0n) is 17.9. The lowest BCUT2D eigenvalue weighted by molar-refractivity contribution is -0.116. The number of thioether (sulfide) groups is 1. The molecule has 1 amide bonds. The average Bonchev–Trinajstić information content (AvgIpc) is 3.23. The van der Waals surface area contributed by atoms with Crippen LogP contribution in [0.3, 0.4) is 0 Å². The van der Waals surface area contributed by atoms with Gasteiger partial charge in [0.25, 0.3) is 0 Å². The third-order valence-electron chi connectivity index (χ3n) is 4.36. The van der Waals surface area contributed by atoms with E-state index in [-0.39, 0.29) is 5.91 Å². The van der Waals surface area contributed by atoms with Crippen LogP contribution < -0.4 is 10.1 Å². The molecule has 1 N–H and O–H groups in total. The quantitative estimate of drug-likeness (QED) is 0.420. The fraction of sp³-hybridized carbons (Fsp3) is 0.348. The first-order valence-electron chi connectivity index (χ1n) is 10.2. The second-order valence-corrected chi connectivity index (χ2v) is 8.35. The van der Waals surface area contributed by atoms with Crippen molar-refractivity contribution >= 4 is 23.4 Å². The van der Waals surface area contributed by atoms with E-state index in [1.807, 2.05) is 68.7 Å². The topological polar surface area (TPSA) is 80.5 Å². The van der Waals surface area contributed by atoms with Gasteiger partial charge in [0.05, 0.1) is 12.4 Å². The molecule has 7 nitrogen and oxygen atoms in total. The van der Waals surface area contributed by atoms with Crippen molar-refractivity contribution in [2.24, 2.45) is 0 Å². The highest BCUT2D eigenvalue weighted by Crippen LogP contribution is 2.22. The van der Waals surface area contributed by atoms with Crippen LogP contribution in [-0.2, 0) is 10.5 Å². The normalized spacial score (nSPS) is 10.9. The Kier molecular flexibility index (Phi) is 8.93. The molecule has 0 radical (unpaired) electrons. The van der Waals surface area contributed by atoms with E-state index in [1.165, 1.54) is 0 Å². The van der Waals surface area contributed by atoms with Gasteiger partial charge in [-0.05, 0) is 63.5 Å². The van der Waals surface area contributed by atoms with E-state index >= 15 is 0 Å². The predicted octanol–water partition coefficient (Wildman–Crippen LogP) is 4.33. The van der Waals surface area contributed by atoms with Gasteiger partial charge in [-0.15, -0.1) is 22.0 Å². The van der Waals surface area contributed by atoms with Crippen molar-refractivity contribution in [3.8, 4) is 17.2 Å². The van der Waals surface area contributed by atoms with Crippen LogP contribution in [0.1, 0.15) is 18.7 Å². The predicted molar refractivity (Wildman–Crippen MR) is 124 cm³/mol. The number of rotatable bonds is 12. The summed E-state index contributed by atoms with van der Waals surface area (Å²) in [6, 6.07) is 17.2. The van der Waals surface area contributed by atoms with E-state index in [0.29, 0.717) is 30.6 Å². The molecule has 0 saturated heterocycles. The van der Waals surface area contributed by atoms with Crippen LogP contribution in [-0.4, -0.2) is 54.0 Å². The first-order chi connectivity index (χ1) is 15.1. The van der Waals surface area contributed by atoms with Gasteiger partial charge in [-0.3, -0.25) is 4.79 Å². The Balaban J connectivity index is 1.40. The molecule has 8 heteroatoms. The van der Waals surface area contributed by atoms with Gasteiger partial charge >= 0.3 is 0 Å². The van der Waals surface area contributed by atoms with Crippen LogP contribution in [0.5, 0.6) is 5.75 Å². The SMILES string of the molecule is CN(C)CCCC(=O)Nc1ccc(-c2nnc(CSCCOc3ccccc3)o2)cc1. The smallest absolute Gasteiger partial charge is 0.247 e. The van der Waals surface area contributed by atoms with Crippen LogP contribution in [0.15, 0.2) is 59.0 Å². The van der Waals surface area contributed by atoms with Gasteiger partial charge in [0, 0.05) is 23.4 Å². The van der Waals surface area contributed by atoms with Crippen molar-refractivity contribution in [2.75, 3.05) is 38.3 Å². The number of carbonyl (C=O) groups excluding carboxylic acids is 1. The molecule has 0 atom stereocenters. The molecule has 0 spiro atoms. The molecule has 0 bridgehead atoms. The largest absolute Gasteiger partial charge is 0.493 e. The van der Waals surface area contributed by atoms with Gasteiger partial charge in [-0.2, -0.15) is 0 Å². The Morgan fingerprint density at radius 1 is 1.10 bits per heavy atom. The highest BCUT2D eigenvalue weighted by molar-refractivity contribution is 7.98. The van der Waals surface area contributed by atoms with E-state index in [4.69, 9.17) is 9.15 Å². The minimum absolute atomic E-state index is 0.0166. The zero-order valence-corrected chi connectivity index (χ0v) is 18.7. The van der Waals surface area contributed by atoms with Gasteiger partial charge in [0.2, 0.25) is 17.7 Å². The molecule has 0 aliphatic rings. The van der Waals surface area contributed by atoms with E-state index in [0.717, 1.165) is 35.7 Å². The number of benzene rings is 2. The summed E-state index contributed by atoms with van der Waals surface area (Å²) in [6.45, 7) is 1.52. The minimum Gasteiger partial charge on any atom is -0.493 e. The first kappa shape index (κ1) is 22.8. The Bertz CT molecular complexity index is 930. The van der Waals surface area contributed by atoms with Gasteiger partial charge in [0.15, 0.2) is 0 Å². The number of nitrogens with one attached hydrogen (secondary N) is 1. The van der Waals surface area contributed by atoms with E-state index in [1.54, 1.807) is 11.8 Å². The maximum absolute atomic E-state index is 12.0. The number of anilines is 1. The number of ether oxygens (including phenoxy) is 1. The summed E-state index contributed by atoms with van der Waals surface area (Å²) in [5.41, 5.74) is 1.58. The Morgan fingerprint density at radius 2 is 1.87 bits per heavy atom. The average molecular weight is 441 g/mol. The number of hydrogen-bond acceptors (Lipinski definition) is 7. The van der Waals surface area contributed by atoms with Gasteiger partial charge in [-0.1, -0.05) is 18.2 Å². The highest BCUT2D eigenvalue weighted by Gasteiger charge is 2.09. The highest BCUT2D eigenvalue weighted by atomic mass is 32.2. The lowest BCUT2D eigenvalue weighted by Crippen LogP contribution is -2.17. The molecule has 1 heterocycles. The second-order valence-electron chi connectivity index (χ2n) is 7.25. The van der Waals surface area contributed by atoms with Gasteiger partial charge in [0.1, 0.15) is 5.75 Å². The van der Waals surface area contributed by atoms with Crippen LogP contribution in [0.4, 0.5) is 5.69 Å². The number of hydrogen-bond donors (Lipinski definition) is 1. The molecule has 3 rings (SSSR count). The van der Waals surface area contributed by atoms with Crippen LogP contribution in [0, 0.1) is 0 Å².